The molecule has 0 radical (unpaired) electrons. The van der Waals surface area contributed by atoms with Crippen LogP contribution in [0.1, 0.15) is 12.5 Å². The molecule has 1 aromatic heterocycles. The van der Waals surface area contributed by atoms with Crippen molar-refractivity contribution in [3.8, 4) is 5.75 Å². The molecule has 1 heterocycles. The zero-order valence-electron chi connectivity index (χ0n) is 11.6. The van der Waals surface area contributed by atoms with Gasteiger partial charge in [0.2, 0.25) is 5.95 Å². The van der Waals surface area contributed by atoms with Gasteiger partial charge in [-0.15, -0.1) is 0 Å². The molecule has 20 heavy (non-hydrogen) atoms. The lowest BCUT2D eigenvalue weighted by Crippen LogP contribution is -2.24. The van der Waals surface area contributed by atoms with Crippen molar-refractivity contribution in [1.82, 2.24) is 9.97 Å². The van der Waals surface area contributed by atoms with Crippen LogP contribution in [0, 0.1) is 6.92 Å². The number of nitrogens with zero attached hydrogens (tertiary/aromatic N) is 2. The van der Waals surface area contributed by atoms with E-state index in [1.807, 2.05) is 38.1 Å². The Balaban J connectivity index is 1.88. The van der Waals surface area contributed by atoms with E-state index >= 15 is 0 Å². The summed E-state index contributed by atoms with van der Waals surface area (Å²) in [6.07, 6.45) is 0. The Bertz CT molecular complexity index is 550. The van der Waals surface area contributed by atoms with Crippen molar-refractivity contribution in [2.45, 2.75) is 19.9 Å². The van der Waals surface area contributed by atoms with E-state index in [1.165, 1.54) is 5.56 Å². The minimum Gasteiger partial charge on any atom is -0.491 e. The average molecular weight is 273 g/mol. The topological polar surface area (TPSA) is 99.1 Å². The number of anilines is 3. The van der Waals surface area contributed by atoms with E-state index in [-0.39, 0.29) is 12.0 Å². The van der Waals surface area contributed by atoms with Crippen LogP contribution in [0.4, 0.5) is 17.6 Å². The minimum absolute atomic E-state index is 0.0602. The highest BCUT2D eigenvalue weighted by molar-refractivity contribution is 5.48. The second-order valence-electron chi connectivity index (χ2n) is 4.71. The van der Waals surface area contributed by atoms with E-state index in [1.54, 1.807) is 6.07 Å². The van der Waals surface area contributed by atoms with Gasteiger partial charge in [0.25, 0.3) is 0 Å². The molecule has 0 spiro atoms. The predicted molar refractivity (Wildman–Crippen MR) is 80.6 cm³/mol. The first-order chi connectivity index (χ1) is 9.52. The van der Waals surface area contributed by atoms with Crippen LogP contribution in [0.3, 0.4) is 0 Å². The Labute approximate surface area is 118 Å². The van der Waals surface area contributed by atoms with Crippen molar-refractivity contribution in [3.63, 3.8) is 0 Å². The minimum atomic E-state index is 0.0602. The maximum Gasteiger partial charge on any atom is 0.223 e. The second kappa shape index (κ2) is 6.10. The number of hydrogen-bond donors (Lipinski definition) is 3. The molecule has 2 rings (SSSR count). The lowest BCUT2D eigenvalue weighted by atomic mass is 10.2. The molecular formula is C14H19N5O. The van der Waals surface area contributed by atoms with Gasteiger partial charge in [-0.05, 0) is 26.0 Å². The Kier molecular flexibility index (Phi) is 4.24. The van der Waals surface area contributed by atoms with Crippen LogP contribution in [0.2, 0.25) is 0 Å². The van der Waals surface area contributed by atoms with Gasteiger partial charge in [0.05, 0.1) is 6.04 Å². The van der Waals surface area contributed by atoms with Gasteiger partial charge in [0.15, 0.2) is 0 Å². The van der Waals surface area contributed by atoms with Crippen LogP contribution in [0.25, 0.3) is 0 Å². The molecule has 0 aliphatic heterocycles. The molecule has 6 nitrogen and oxygen atoms in total. The molecule has 0 bridgehead atoms. The van der Waals surface area contributed by atoms with Crippen molar-refractivity contribution in [2.75, 3.05) is 23.4 Å². The molecule has 0 aliphatic rings. The maximum atomic E-state index is 5.69. The van der Waals surface area contributed by atoms with Crippen LogP contribution >= 0.6 is 0 Å². The molecule has 0 fully saturated rings. The molecule has 1 atom stereocenters. The normalized spacial score (nSPS) is 11.9. The number of nitrogen functional groups attached to an aromatic ring is 2. The summed E-state index contributed by atoms with van der Waals surface area (Å²) in [4.78, 5) is 7.88. The highest BCUT2D eigenvalue weighted by Crippen LogP contribution is 2.13. The van der Waals surface area contributed by atoms with Crippen molar-refractivity contribution < 1.29 is 4.74 Å². The van der Waals surface area contributed by atoms with Crippen molar-refractivity contribution >= 4 is 17.6 Å². The zero-order chi connectivity index (χ0) is 14.5. The fourth-order valence-corrected chi connectivity index (χ4v) is 1.71. The third kappa shape index (κ3) is 4.01. The van der Waals surface area contributed by atoms with E-state index in [2.05, 4.69) is 15.3 Å². The molecule has 0 saturated heterocycles. The third-order valence-electron chi connectivity index (χ3n) is 2.68. The molecule has 0 amide bonds. The first-order valence-corrected chi connectivity index (χ1v) is 6.39. The fourth-order valence-electron chi connectivity index (χ4n) is 1.71. The highest BCUT2D eigenvalue weighted by Gasteiger charge is 2.06. The van der Waals surface area contributed by atoms with E-state index in [0.717, 1.165) is 5.75 Å². The number of nitrogens with one attached hydrogen (secondary N) is 1. The van der Waals surface area contributed by atoms with E-state index < -0.39 is 0 Å². The average Bonchev–Trinajstić information content (AvgIpc) is 2.37. The standard InChI is InChI=1S/C14H19N5O/c1-9-3-5-11(6-4-9)20-8-10(2)17-13-7-12(15)18-14(16)19-13/h3-7,10H,8H2,1-2H3,(H5,15,16,17,18,19). The molecule has 106 valence electrons. The van der Waals surface area contributed by atoms with Crippen LogP contribution in [-0.2, 0) is 0 Å². The van der Waals surface area contributed by atoms with Crippen LogP contribution in [0.15, 0.2) is 30.3 Å². The Morgan fingerprint density at radius 2 is 1.90 bits per heavy atom. The van der Waals surface area contributed by atoms with Gasteiger partial charge in [-0.2, -0.15) is 9.97 Å². The van der Waals surface area contributed by atoms with Gasteiger partial charge in [-0.25, -0.2) is 0 Å². The molecule has 2 aromatic rings. The Morgan fingerprint density at radius 1 is 1.20 bits per heavy atom. The van der Waals surface area contributed by atoms with Gasteiger partial charge in [0, 0.05) is 6.07 Å². The van der Waals surface area contributed by atoms with Gasteiger partial charge in [-0.3, -0.25) is 0 Å². The summed E-state index contributed by atoms with van der Waals surface area (Å²) in [5, 5.41) is 3.17. The second-order valence-corrected chi connectivity index (χ2v) is 4.71. The van der Waals surface area contributed by atoms with Gasteiger partial charge in [0.1, 0.15) is 24.0 Å². The molecule has 5 N–H and O–H groups in total. The number of ether oxygens (including phenoxy) is 1. The quantitative estimate of drug-likeness (QED) is 0.768. The highest BCUT2D eigenvalue weighted by atomic mass is 16.5. The number of rotatable bonds is 5. The number of hydrogen-bond acceptors (Lipinski definition) is 6. The van der Waals surface area contributed by atoms with Gasteiger partial charge >= 0.3 is 0 Å². The lowest BCUT2D eigenvalue weighted by Gasteiger charge is -2.16. The first kappa shape index (κ1) is 13.9. The molecule has 1 unspecified atom stereocenters. The number of aromatic nitrogens is 2. The van der Waals surface area contributed by atoms with Gasteiger partial charge < -0.3 is 21.5 Å². The van der Waals surface area contributed by atoms with E-state index in [4.69, 9.17) is 16.2 Å². The molecule has 0 aliphatic carbocycles. The maximum absolute atomic E-state index is 5.69. The van der Waals surface area contributed by atoms with Crippen LogP contribution in [-0.4, -0.2) is 22.6 Å². The fraction of sp³-hybridized carbons (Fsp3) is 0.286. The summed E-state index contributed by atoms with van der Waals surface area (Å²) in [5.74, 6) is 1.92. The summed E-state index contributed by atoms with van der Waals surface area (Å²) < 4.78 is 5.69. The number of nitrogens with two attached hydrogens (primary N) is 2. The summed E-state index contributed by atoms with van der Waals surface area (Å²) in [7, 11) is 0. The smallest absolute Gasteiger partial charge is 0.223 e. The monoisotopic (exact) mass is 273 g/mol. The third-order valence-corrected chi connectivity index (χ3v) is 2.68. The lowest BCUT2D eigenvalue weighted by molar-refractivity contribution is 0.303. The predicted octanol–water partition coefficient (Wildman–Crippen LogP) is 1.83. The molecule has 1 aromatic carbocycles. The largest absolute Gasteiger partial charge is 0.491 e. The van der Waals surface area contributed by atoms with Crippen molar-refractivity contribution in [3.05, 3.63) is 35.9 Å². The number of benzene rings is 1. The summed E-state index contributed by atoms with van der Waals surface area (Å²) in [6.45, 7) is 4.54. The Hall–Kier alpha value is -2.50. The van der Waals surface area contributed by atoms with Crippen LogP contribution in [0.5, 0.6) is 5.75 Å². The van der Waals surface area contributed by atoms with Crippen molar-refractivity contribution in [2.24, 2.45) is 0 Å². The summed E-state index contributed by atoms with van der Waals surface area (Å²) in [6, 6.07) is 9.62. The molecule has 6 heteroatoms. The van der Waals surface area contributed by atoms with E-state index in [9.17, 15) is 0 Å². The van der Waals surface area contributed by atoms with Crippen molar-refractivity contribution in [1.29, 1.82) is 0 Å². The summed E-state index contributed by atoms with van der Waals surface area (Å²) in [5.41, 5.74) is 12.4. The molecular weight excluding hydrogens is 254 g/mol. The van der Waals surface area contributed by atoms with Gasteiger partial charge in [-0.1, -0.05) is 17.7 Å². The van der Waals surface area contributed by atoms with E-state index in [0.29, 0.717) is 18.2 Å². The number of aryl methyl sites for hydroxylation is 1. The molecule has 0 saturated carbocycles. The first-order valence-electron chi connectivity index (χ1n) is 6.39. The Morgan fingerprint density at radius 3 is 2.55 bits per heavy atom. The SMILES string of the molecule is Cc1ccc(OCC(C)Nc2cc(N)nc(N)n2)cc1. The summed E-state index contributed by atoms with van der Waals surface area (Å²) >= 11 is 0. The van der Waals surface area contributed by atoms with Crippen LogP contribution < -0.4 is 21.5 Å². The zero-order valence-corrected chi connectivity index (χ0v) is 11.6.